The molecule has 0 bridgehead atoms. The van der Waals surface area contributed by atoms with Gasteiger partial charge in [-0.2, -0.15) is 0 Å². The number of rotatable bonds is 5. The van der Waals surface area contributed by atoms with Crippen LogP contribution in [0.5, 0.6) is 0 Å². The molecule has 0 aliphatic heterocycles. The van der Waals surface area contributed by atoms with E-state index in [1.165, 1.54) is 11.1 Å². The summed E-state index contributed by atoms with van der Waals surface area (Å²) in [7, 11) is 0. The molecule has 0 atom stereocenters. The number of hydrogen-bond donors (Lipinski definition) is 2. The van der Waals surface area contributed by atoms with Gasteiger partial charge in [0.2, 0.25) is 0 Å². The second-order valence-corrected chi connectivity index (χ2v) is 9.04. The Morgan fingerprint density at radius 3 is 2.54 bits per heavy atom. The molecule has 174 valence electrons. The zero-order valence-corrected chi connectivity index (χ0v) is 20.5. The van der Waals surface area contributed by atoms with Gasteiger partial charge in [-0.1, -0.05) is 49.7 Å². The predicted octanol–water partition coefficient (Wildman–Crippen LogP) is 6.12. The molecule has 0 unspecified atom stereocenters. The number of nitrogens with one attached hydrogen (secondary N) is 2. The average Bonchev–Trinajstić information content (AvgIpc) is 3.34. The van der Waals surface area contributed by atoms with E-state index >= 15 is 0 Å². The van der Waals surface area contributed by atoms with Crippen molar-refractivity contribution in [2.45, 2.75) is 26.7 Å². The maximum atomic E-state index is 5.52. The molecule has 0 aliphatic rings. The molecule has 0 aliphatic carbocycles. The van der Waals surface area contributed by atoms with Crippen molar-refractivity contribution in [2.24, 2.45) is 0 Å². The van der Waals surface area contributed by atoms with Gasteiger partial charge in [-0.15, -0.1) is 5.10 Å². The zero-order valence-electron chi connectivity index (χ0n) is 19.7. The number of benzene rings is 2. The van der Waals surface area contributed by atoms with E-state index in [4.69, 9.17) is 12.2 Å². The molecule has 3 heterocycles. The molecule has 0 spiro atoms. The summed E-state index contributed by atoms with van der Waals surface area (Å²) in [5, 5.41) is 12.4. The topological polar surface area (TPSA) is 80.5 Å². The lowest BCUT2D eigenvalue weighted by molar-refractivity contribution is 0.869. The van der Waals surface area contributed by atoms with Crippen LogP contribution in [-0.4, -0.2) is 29.8 Å². The van der Waals surface area contributed by atoms with Crippen molar-refractivity contribution < 1.29 is 0 Å². The molecule has 5 rings (SSSR count). The van der Waals surface area contributed by atoms with E-state index in [9.17, 15) is 0 Å². The number of aromatic nitrogens is 5. The molecule has 8 heteroatoms. The highest BCUT2D eigenvalue weighted by atomic mass is 32.1. The Morgan fingerprint density at radius 1 is 0.943 bits per heavy atom. The van der Waals surface area contributed by atoms with Crippen LogP contribution in [0.3, 0.4) is 0 Å². The van der Waals surface area contributed by atoms with Crippen molar-refractivity contribution in [3.8, 4) is 17.1 Å². The van der Waals surface area contributed by atoms with Crippen LogP contribution in [0.15, 0.2) is 79.3 Å². The summed E-state index contributed by atoms with van der Waals surface area (Å²) in [4.78, 5) is 13.6. The average molecular weight is 480 g/mol. The second-order valence-electron chi connectivity index (χ2n) is 8.64. The van der Waals surface area contributed by atoms with Crippen LogP contribution in [0.2, 0.25) is 0 Å². The van der Waals surface area contributed by atoms with Gasteiger partial charge >= 0.3 is 0 Å². The monoisotopic (exact) mass is 479 g/mol. The lowest BCUT2D eigenvalue weighted by atomic mass is 10.0. The summed E-state index contributed by atoms with van der Waals surface area (Å²) in [6.45, 7) is 6.37. The fourth-order valence-electron chi connectivity index (χ4n) is 3.80. The van der Waals surface area contributed by atoms with Gasteiger partial charge in [0.05, 0.1) is 5.69 Å². The fraction of sp³-hybridized carbons (Fsp3) is 0.148. The molecule has 7 nitrogen and oxygen atoms in total. The molecule has 35 heavy (non-hydrogen) atoms. The van der Waals surface area contributed by atoms with Gasteiger partial charge in [-0.25, -0.2) is 19.6 Å². The molecular formula is C27H25N7S. The maximum Gasteiger partial charge on any atom is 0.183 e. The summed E-state index contributed by atoms with van der Waals surface area (Å²) < 4.78 is 1.76. The minimum atomic E-state index is 0.386. The standard InChI is InChI=1S/C27H25N7S/c1-17(2)22-6-4-5-7-23(22)30-27(35)32-24-13-10-19-14-20(15-28-25(19)31-24)26-29-16-34(33-26)21-11-8-18(3)9-12-21/h4-17H,1-3H3,(H2,28,30,31,32,35). The van der Waals surface area contributed by atoms with Crippen LogP contribution < -0.4 is 10.6 Å². The minimum Gasteiger partial charge on any atom is -0.332 e. The van der Waals surface area contributed by atoms with E-state index in [-0.39, 0.29) is 0 Å². The largest absolute Gasteiger partial charge is 0.332 e. The van der Waals surface area contributed by atoms with Crippen molar-refractivity contribution in [3.05, 3.63) is 90.4 Å². The lowest BCUT2D eigenvalue weighted by Crippen LogP contribution is -2.20. The van der Waals surface area contributed by atoms with Gasteiger partial charge in [-0.3, -0.25) is 0 Å². The summed E-state index contributed by atoms with van der Waals surface area (Å²) >= 11 is 5.52. The van der Waals surface area contributed by atoms with Crippen LogP contribution in [0.1, 0.15) is 30.9 Å². The van der Waals surface area contributed by atoms with Gasteiger partial charge in [0.1, 0.15) is 12.1 Å². The van der Waals surface area contributed by atoms with Gasteiger partial charge in [0, 0.05) is 22.8 Å². The molecule has 3 aromatic heterocycles. The minimum absolute atomic E-state index is 0.386. The van der Waals surface area contributed by atoms with Crippen molar-refractivity contribution in [3.63, 3.8) is 0 Å². The molecule has 2 N–H and O–H groups in total. The van der Waals surface area contributed by atoms with Gasteiger partial charge < -0.3 is 10.6 Å². The molecule has 0 fully saturated rings. The molecule has 0 radical (unpaired) electrons. The Balaban J connectivity index is 1.32. The lowest BCUT2D eigenvalue weighted by Gasteiger charge is -2.15. The number of hydrogen-bond acceptors (Lipinski definition) is 5. The highest BCUT2D eigenvalue weighted by Crippen LogP contribution is 2.24. The second kappa shape index (κ2) is 9.60. The maximum absolute atomic E-state index is 5.52. The number of fused-ring (bicyclic) bond motifs is 1. The van der Waals surface area contributed by atoms with Crippen LogP contribution in [-0.2, 0) is 0 Å². The number of para-hydroxylation sites is 1. The Kier molecular flexibility index (Phi) is 6.20. The van der Waals surface area contributed by atoms with E-state index < -0.39 is 0 Å². The van der Waals surface area contributed by atoms with Gasteiger partial charge in [-0.05, 0) is 67.0 Å². The number of pyridine rings is 2. The Hall–Kier alpha value is -4.17. The quantitative estimate of drug-likeness (QED) is 0.294. The van der Waals surface area contributed by atoms with Crippen molar-refractivity contribution in [1.82, 2.24) is 24.7 Å². The predicted molar refractivity (Wildman–Crippen MR) is 145 cm³/mol. The third-order valence-corrected chi connectivity index (χ3v) is 5.87. The third kappa shape index (κ3) is 5.02. The number of anilines is 2. The Bertz CT molecular complexity index is 1510. The summed E-state index contributed by atoms with van der Waals surface area (Å²) in [5.74, 6) is 1.62. The first-order valence-electron chi connectivity index (χ1n) is 11.4. The highest BCUT2D eigenvalue weighted by Gasteiger charge is 2.10. The Morgan fingerprint density at radius 2 is 1.74 bits per heavy atom. The number of aryl methyl sites for hydroxylation is 1. The first-order chi connectivity index (χ1) is 17.0. The van der Waals surface area contributed by atoms with E-state index in [1.807, 2.05) is 48.5 Å². The molecule has 0 amide bonds. The van der Waals surface area contributed by atoms with Crippen LogP contribution >= 0.6 is 12.2 Å². The summed E-state index contributed by atoms with van der Waals surface area (Å²) in [5.41, 5.74) is 5.79. The SMILES string of the molecule is Cc1ccc(-n2cnc(-c3cnc4nc(NC(=S)Nc5ccccc5C(C)C)ccc4c3)n2)cc1. The molecule has 0 saturated heterocycles. The van der Waals surface area contributed by atoms with Crippen molar-refractivity contribution in [2.75, 3.05) is 10.6 Å². The highest BCUT2D eigenvalue weighted by molar-refractivity contribution is 7.80. The smallest absolute Gasteiger partial charge is 0.183 e. The molecule has 5 aromatic rings. The van der Waals surface area contributed by atoms with Crippen LogP contribution in [0, 0.1) is 6.92 Å². The van der Waals surface area contributed by atoms with Gasteiger partial charge in [0.25, 0.3) is 0 Å². The van der Waals surface area contributed by atoms with E-state index in [1.54, 1.807) is 17.2 Å². The number of thiocarbonyl (C=S) groups is 1. The van der Waals surface area contributed by atoms with Crippen LogP contribution in [0.25, 0.3) is 28.1 Å². The Labute approximate surface area is 209 Å². The van der Waals surface area contributed by atoms with Crippen molar-refractivity contribution in [1.29, 1.82) is 0 Å². The fourth-order valence-corrected chi connectivity index (χ4v) is 4.02. The van der Waals surface area contributed by atoms with E-state index in [2.05, 4.69) is 69.7 Å². The van der Waals surface area contributed by atoms with Crippen LogP contribution in [0.4, 0.5) is 11.5 Å². The normalized spacial score (nSPS) is 11.1. The van der Waals surface area contributed by atoms with Crippen molar-refractivity contribution >= 4 is 39.9 Å². The first-order valence-corrected chi connectivity index (χ1v) is 11.8. The summed E-state index contributed by atoms with van der Waals surface area (Å²) in [6, 6.07) is 22.1. The molecule has 0 saturated carbocycles. The van der Waals surface area contributed by atoms with Gasteiger partial charge in [0.15, 0.2) is 16.6 Å². The van der Waals surface area contributed by atoms with E-state index in [0.717, 1.165) is 22.3 Å². The zero-order chi connectivity index (χ0) is 24.4. The third-order valence-electron chi connectivity index (χ3n) is 5.66. The van der Waals surface area contributed by atoms with E-state index in [0.29, 0.717) is 28.3 Å². The first kappa shape index (κ1) is 22.6. The summed E-state index contributed by atoms with van der Waals surface area (Å²) in [6.07, 6.45) is 3.45. The number of nitrogens with zero attached hydrogens (tertiary/aromatic N) is 5. The molecule has 2 aromatic carbocycles. The molecular weight excluding hydrogens is 454 g/mol.